The van der Waals surface area contributed by atoms with Crippen LogP contribution in [0.3, 0.4) is 0 Å². The van der Waals surface area contributed by atoms with Crippen LogP contribution >= 0.6 is 0 Å². The highest BCUT2D eigenvalue weighted by Gasteiger charge is 2.33. The van der Waals surface area contributed by atoms with Gasteiger partial charge in [0.15, 0.2) is 0 Å². The van der Waals surface area contributed by atoms with Crippen molar-refractivity contribution in [2.45, 2.75) is 20.2 Å². The Bertz CT molecular complexity index is 531. The van der Waals surface area contributed by atoms with Crippen molar-refractivity contribution in [2.24, 2.45) is 0 Å². The Kier molecular flexibility index (Phi) is 2.29. The molecule has 0 saturated carbocycles. The summed E-state index contributed by atoms with van der Waals surface area (Å²) in [4.78, 5) is 6.77. The molecule has 2 heterocycles. The first-order chi connectivity index (χ1) is 7.38. The van der Waals surface area contributed by atoms with E-state index in [1.807, 2.05) is 0 Å². The van der Waals surface area contributed by atoms with E-state index in [1.54, 1.807) is 13.1 Å². The summed E-state index contributed by atoms with van der Waals surface area (Å²) in [6.07, 6.45) is -1.75. The molecule has 1 N–H and O–H groups in total. The monoisotopic (exact) mass is 230 g/mol. The number of ether oxygens (including phenoxy) is 1. The molecule has 2 rings (SSSR count). The molecule has 0 fully saturated rings. The SMILES string of the molecule is Cc1cnc2[nH]cc(C)c2c1OC(F)(F)F. The topological polar surface area (TPSA) is 37.9 Å². The molecular weight excluding hydrogens is 221 g/mol. The quantitative estimate of drug-likeness (QED) is 0.817. The summed E-state index contributed by atoms with van der Waals surface area (Å²) in [6.45, 7) is 3.23. The first kappa shape index (κ1) is 10.8. The molecule has 2 aromatic rings. The largest absolute Gasteiger partial charge is 0.573 e. The molecule has 86 valence electrons. The number of H-pyrrole nitrogens is 1. The summed E-state index contributed by atoms with van der Waals surface area (Å²) in [6, 6.07) is 0. The summed E-state index contributed by atoms with van der Waals surface area (Å²) in [5.41, 5.74) is 1.42. The van der Waals surface area contributed by atoms with Crippen molar-refractivity contribution in [3.63, 3.8) is 0 Å². The second kappa shape index (κ2) is 3.40. The predicted molar refractivity (Wildman–Crippen MR) is 52.3 cm³/mol. The van der Waals surface area contributed by atoms with Crippen LogP contribution in [0.1, 0.15) is 11.1 Å². The molecule has 0 aliphatic rings. The second-order valence-electron chi connectivity index (χ2n) is 3.51. The van der Waals surface area contributed by atoms with E-state index in [2.05, 4.69) is 14.7 Å². The number of halogens is 3. The molecular formula is C10H9F3N2O. The molecule has 0 radical (unpaired) electrons. The van der Waals surface area contributed by atoms with Crippen LogP contribution < -0.4 is 4.74 Å². The van der Waals surface area contributed by atoms with Crippen LogP contribution in [0.5, 0.6) is 5.75 Å². The summed E-state index contributed by atoms with van der Waals surface area (Å²) in [5.74, 6) is -0.184. The third kappa shape index (κ3) is 1.82. The van der Waals surface area contributed by atoms with Crippen molar-refractivity contribution in [3.8, 4) is 5.75 Å². The van der Waals surface area contributed by atoms with Gasteiger partial charge < -0.3 is 9.72 Å². The Labute approximate surface area is 89.2 Å². The third-order valence-electron chi connectivity index (χ3n) is 2.25. The molecule has 0 saturated heterocycles. The van der Waals surface area contributed by atoms with Crippen LogP contribution in [-0.4, -0.2) is 16.3 Å². The fraction of sp³-hybridized carbons (Fsp3) is 0.300. The Hall–Kier alpha value is -1.72. The molecule has 16 heavy (non-hydrogen) atoms. The number of fused-ring (bicyclic) bond motifs is 1. The summed E-state index contributed by atoms with van der Waals surface area (Å²) in [5, 5.41) is 0.373. The standard InChI is InChI=1S/C10H9F3N2O/c1-5-3-14-9-7(5)8(6(2)4-15-9)16-10(11,12)13/h3-4H,1-2H3,(H,14,15). The maximum atomic E-state index is 12.2. The number of hydrogen-bond donors (Lipinski definition) is 1. The van der Waals surface area contributed by atoms with Gasteiger partial charge >= 0.3 is 6.36 Å². The number of hydrogen-bond acceptors (Lipinski definition) is 2. The van der Waals surface area contributed by atoms with E-state index in [0.29, 0.717) is 22.2 Å². The summed E-state index contributed by atoms with van der Waals surface area (Å²) in [7, 11) is 0. The van der Waals surface area contributed by atoms with E-state index in [4.69, 9.17) is 0 Å². The molecule has 0 atom stereocenters. The zero-order valence-corrected chi connectivity index (χ0v) is 8.64. The highest BCUT2D eigenvalue weighted by Crippen LogP contribution is 2.34. The van der Waals surface area contributed by atoms with Crippen LogP contribution in [-0.2, 0) is 0 Å². The Balaban J connectivity index is 2.65. The number of aromatic nitrogens is 2. The van der Waals surface area contributed by atoms with Crippen LogP contribution in [0, 0.1) is 13.8 Å². The molecule has 0 bridgehead atoms. The maximum absolute atomic E-state index is 12.2. The number of nitrogens with one attached hydrogen (secondary N) is 1. The third-order valence-corrected chi connectivity index (χ3v) is 2.25. The lowest BCUT2D eigenvalue weighted by Crippen LogP contribution is -2.18. The van der Waals surface area contributed by atoms with Gasteiger partial charge in [-0.3, -0.25) is 0 Å². The van der Waals surface area contributed by atoms with Gasteiger partial charge in [-0.05, 0) is 19.4 Å². The fourth-order valence-corrected chi connectivity index (χ4v) is 1.56. The van der Waals surface area contributed by atoms with Crippen LogP contribution in [0.15, 0.2) is 12.4 Å². The van der Waals surface area contributed by atoms with Gasteiger partial charge in [-0.2, -0.15) is 0 Å². The molecule has 3 nitrogen and oxygen atoms in total. The highest BCUT2D eigenvalue weighted by molar-refractivity contribution is 5.87. The van der Waals surface area contributed by atoms with Crippen molar-refractivity contribution in [1.29, 1.82) is 0 Å². The van der Waals surface area contributed by atoms with Crippen molar-refractivity contribution >= 4 is 11.0 Å². The first-order valence-corrected chi connectivity index (χ1v) is 4.57. The molecule has 0 aliphatic heterocycles. The van der Waals surface area contributed by atoms with Crippen molar-refractivity contribution in [1.82, 2.24) is 9.97 Å². The zero-order chi connectivity index (χ0) is 11.9. The van der Waals surface area contributed by atoms with Gasteiger partial charge in [-0.25, -0.2) is 4.98 Å². The van der Waals surface area contributed by atoms with Gasteiger partial charge in [0.1, 0.15) is 11.4 Å². The lowest BCUT2D eigenvalue weighted by atomic mass is 10.2. The van der Waals surface area contributed by atoms with Gasteiger partial charge in [0, 0.05) is 18.0 Å². The molecule has 0 aliphatic carbocycles. The highest BCUT2D eigenvalue weighted by atomic mass is 19.4. The van der Waals surface area contributed by atoms with Gasteiger partial charge in [0.25, 0.3) is 0 Å². The van der Waals surface area contributed by atoms with E-state index in [0.717, 1.165) is 0 Å². The van der Waals surface area contributed by atoms with Gasteiger partial charge in [-0.1, -0.05) is 0 Å². The van der Waals surface area contributed by atoms with Crippen molar-refractivity contribution < 1.29 is 17.9 Å². The second-order valence-corrected chi connectivity index (χ2v) is 3.51. The number of rotatable bonds is 1. The number of pyridine rings is 1. The molecule has 2 aromatic heterocycles. The fourth-order valence-electron chi connectivity index (χ4n) is 1.56. The van der Waals surface area contributed by atoms with Gasteiger partial charge in [0.05, 0.1) is 5.39 Å². The minimum absolute atomic E-state index is 0.184. The Morgan fingerprint density at radius 1 is 1.25 bits per heavy atom. The van der Waals surface area contributed by atoms with Gasteiger partial charge in [-0.15, -0.1) is 13.2 Å². The van der Waals surface area contributed by atoms with E-state index in [1.165, 1.54) is 13.1 Å². The molecule has 0 amide bonds. The van der Waals surface area contributed by atoms with Crippen LogP contribution in [0.25, 0.3) is 11.0 Å². The smallest absolute Gasteiger partial charge is 0.405 e. The average Bonchev–Trinajstić information content (AvgIpc) is 2.51. The number of aryl methyl sites for hydroxylation is 2. The van der Waals surface area contributed by atoms with E-state index < -0.39 is 6.36 Å². The minimum Gasteiger partial charge on any atom is -0.405 e. The lowest BCUT2D eigenvalue weighted by Gasteiger charge is -2.12. The number of alkyl halides is 3. The number of aromatic amines is 1. The van der Waals surface area contributed by atoms with Crippen LogP contribution in [0.2, 0.25) is 0 Å². The Morgan fingerprint density at radius 2 is 1.94 bits per heavy atom. The average molecular weight is 230 g/mol. The molecule has 0 aromatic carbocycles. The van der Waals surface area contributed by atoms with Gasteiger partial charge in [0.2, 0.25) is 0 Å². The molecule has 0 spiro atoms. The predicted octanol–water partition coefficient (Wildman–Crippen LogP) is 3.08. The lowest BCUT2D eigenvalue weighted by molar-refractivity contribution is -0.274. The number of nitrogens with zero attached hydrogens (tertiary/aromatic N) is 1. The van der Waals surface area contributed by atoms with E-state index in [-0.39, 0.29) is 5.75 Å². The maximum Gasteiger partial charge on any atom is 0.573 e. The zero-order valence-electron chi connectivity index (χ0n) is 8.64. The van der Waals surface area contributed by atoms with Crippen LogP contribution in [0.4, 0.5) is 13.2 Å². The minimum atomic E-state index is -4.69. The molecule has 0 unspecified atom stereocenters. The summed E-state index contributed by atoms with van der Waals surface area (Å²) >= 11 is 0. The normalized spacial score (nSPS) is 12.1. The van der Waals surface area contributed by atoms with Crippen molar-refractivity contribution in [2.75, 3.05) is 0 Å². The Morgan fingerprint density at radius 3 is 2.56 bits per heavy atom. The van der Waals surface area contributed by atoms with Crippen molar-refractivity contribution in [3.05, 3.63) is 23.5 Å². The summed E-state index contributed by atoms with van der Waals surface area (Å²) < 4.78 is 40.7. The van der Waals surface area contributed by atoms with E-state index in [9.17, 15) is 13.2 Å². The first-order valence-electron chi connectivity index (χ1n) is 4.57. The molecule has 6 heteroatoms. The van der Waals surface area contributed by atoms with E-state index >= 15 is 0 Å².